The minimum absolute atomic E-state index is 0.0277. The molecule has 2 rings (SSSR count). The molecule has 0 aromatic heterocycles. The van der Waals surface area contributed by atoms with Gasteiger partial charge in [0.25, 0.3) is 5.91 Å². The van der Waals surface area contributed by atoms with Crippen LogP contribution in [0.2, 0.25) is 0 Å². The summed E-state index contributed by atoms with van der Waals surface area (Å²) in [6.45, 7) is 6.56. The summed E-state index contributed by atoms with van der Waals surface area (Å²) in [5.41, 5.74) is 0.299. The molecule has 0 radical (unpaired) electrons. The molecule has 1 aliphatic rings. The molecule has 5 nitrogen and oxygen atoms in total. The quantitative estimate of drug-likeness (QED) is 0.360. The maximum absolute atomic E-state index is 12.5. The molecular weight excluding hydrogens is 306 g/mol. The molecule has 0 aliphatic carbocycles. The molecule has 130 valence electrons. The number of carbonyl (C=O) groups excluding carboxylic acids is 2. The lowest BCUT2D eigenvalue weighted by atomic mass is 10.1. The number of carbonyl (C=O) groups is 2. The Morgan fingerprint density at radius 1 is 1.33 bits per heavy atom. The summed E-state index contributed by atoms with van der Waals surface area (Å²) >= 11 is 0. The summed E-state index contributed by atoms with van der Waals surface area (Å²) in [6.07, 6.45) is 2.73. The zero-order valence-electron chi connectivity index (χ0n) is 14.5. The van der Waals surface area contributed by atoms with Gasteiger partial charge in [0.2, 0.25) is 0 Å². The standard InChI is InChI=1S/C19H25NO4/c1-4-6-10-24-15-9-7-8-14(11-15)18(22)17-16(21)12-20(19(17)23)13(3)5-2/h7-9,11,13,22H,4-6,10,12H2,1-3H3/b18-17-. The highest BCUT2D eigenvalue weighted by molar-refractivity contribution is 6.28. The van der Waals surface area contributed by atoms with Crippen molar-refractivity contribution < 1.29 is 19.4 Å². The van der Waals surface area contributed by atoms with Gasteiger partial charge in [-0.2, -0.15) is 0 Å². The maximum atomic E-state index is 12.5. The van der Waals surface area contributed by atoms with E-state index in [0.29, 0.717) is 17.9 Å². The number of ketones is 1. The smallest absolute Gasteiger partial charge is 0.262 e. The Morgan fingerprint density at radius 3 is 2.75 bits per heavy atom. The third-order valence-electron chi connectivity index (χ3n) is 4.30. The third-order valence-corrected chi connectivity index (χ3v) is 4.30. The molecule has 0 bridgehead atoms. The minimum Gasteiger partial charge on any atom is -0.506 e. The lowest BCUT2D eigenvalue weighted by molar-refractivity contribution is -0.126. The number of ether oxygens (including phenoxy) is 1. The number of hydrogen-bond acceptors (Lipinski definition) is 4. The Kier molecular flexibility index (Phi) is 6.01. The van der Waals surface area contributed by atoms with Crippen LogP contribution in [-0.4, -0.2) is 40.9 Å². The van der Waals surface area contributed by atoms with Crippen molar-refractivity contribution in [1.82, 2.24) is 4.90 Å². The number of nitrogens with zero attached hydrogens (tertiary/aromatic N) is 1. The Morgan fingerprint density at radius 2 is 2.08 bits per heavy atom. The van der Waals surface area contributed by atoms with E-state index in [4.69, 9.17) is 4.74 Å². The molecule has 1 heterocycles. The lowest BCUT2D eigenvalue weighted by Gasteiger charge is -2.21. The van der Waals surface area contributed by atoms with Gasteiger partial charge in [0.05, 0.1) is 13.2 Å². The average Bonchev–Trinajstić information content (AvgIpc) is 2.88. The van der Waals surface area contributed by atoms with Crippen LogP contribution >= 0.6 is 0 Å². The minimum atomic E-state index is -0.399. The fraction of sp³-hybridized carbons (Fsp3) is 0.474. The Bertz CT molecular complexity index is 651. The van der Waals surface area contributed by atoms with E-state index in [-0.39, 0.29) is 29.7 Å². The van der Waals surface area contributed by atoms with Gasteiger partial charge < -0.3 is 14.7 Å². The lowest BCUT2D eigenvalue weighted by Crippen LogP contribution is -2.34. The predicted octanol–water partition coefficient (Wildman–Crippen LogP) is 3.34. The third kappa shape index (κ3) is 3.78. The molecule has 1 amide bonds. The summed E-state index contributed by atoms with van der Waals surface area (Å²) in [4.78, 5) is 26.2. The second kappa shape index (κ2) is 7.99. The van der Waals surface area contributed by atoms with Gasteiger partial charge >= 0.3 is 0 Å². The highest BCUT2D eigenvalue weighted by atomic mass is 16.5. The second-order valence-corrected chi connectivity index (χ2v) is 6.07. The van der Waals surface area contributed by atoms with Gasteiger partial charge in [0, 0.05) is 11.6 Å². The highest BCUT2D eigenvalue weighted by Gasteiger charge is 2.38. The average molecular weight is 331 g/mol. The molecule has 1 N–H and O–H groups in total. The monoisotopic (exact) mass is 331 g/mol. The van der Waals surface area contributed by atoms with Crippen molar-refractivity contribution in [2.24, 2.45) is 0 Å². The van der Waals surface area contributed by atoms with Crippen molar-refractivity contribution in [1.29, 1.82) is 0 Å². The summed E-state index contributed by atoms with van der Waals surface area (Å²) in [7, 11) is 0. The Hall–Kier alpha value is -2.30. The molecule has 24 heavy (non-hydrogen) atoms. The van der Waals surface area contributed by atoms with E-state index in [9.17, 15) is 14.7 Å². The second-order valence-electron chi connectivity index (χ2n) is 6.07. The van der Waals surface area contributed by atoms with E-state index in [1.807, 2.05) is 13.8 Å². The number of unbranched alkanes of at least 4 members (excludes halogenated alkanes) is 1. The molecule has 1 unspecified atom stereocenters. The molecule has 1 fully saturated rings. The van der Waals surface area contributed by atoms with E-state index in [0.717, 1.165) is 19.3 Å². The van der Waals surface area contributed by atoms with Gasteiger partial charge in [0.15, 0.2) is 5.78 Å². The van der Waals surface area contributed by atoms with Crippen LogP contribution in [0.5, 0.6) is 5.75 Å². The van der Waals surface area contributed by atoms with Crippen molar-refractivity contribution >= 4 is 17.4 Å². The Labute approximate surface area is 142 Å². The van der Waals surface area contributed by atoms with Gasteiger partial charge in [-0.3, -0.25) is 9.59 Å². The van der Waals surface area contributed by atoms with Crippen molar-refractivity contribution in [3.8, 4) is 5.75 Å². The number of likely N-dealkylation sites (tertiary alicyclic amines) is 1. The number of Topliss-reactive ketones (excluding diaryl/α,β-unsaturated/α-hetero) is 1. The molecule has 1 aromatic rings. The number of benzene rings is 1. The molecule has 1 aliphatic heterocycles. The molecule has 0 spiro atoms. The van der Waals surface area contributed by atoms with Crippen LogP contribution in [0.4, 0.5) is 0 Å². The SMILES string of the molecule is CCCCOc1cccc(/C(O)=C2\C(=O)CN(C(C)CC)C2=O)c1. The molecule has 1 atom stereocenters. The first-order valence-corrected chi connectivity index (χ1v) is 8.50. The largest absolute Gasteiger partial charge is 0.506 e. The van der Waals surface area contributed by atoms with E-state index >= 15 is 0 Å². The zero-order chi connectivity index (χ0) is 17.7. The van der Waals surface area contributed by atoms with Crippen LogP contribution in [0.1, 0.15) is 45.6 Å². The number of rotatable bonds is 7. The summed E-state index contributed by atoms with van der Waals surface area (Å²) < 4.78 is 5.62. The van der Waals surface area contributed by atoms with Gasteiger partial charge in [-0.05, 0) is 31.9 Å². The van der Waals surface area contributed by atoms with Crippen molar-refractivity contribution in [2.75, 3.05) is 13.2 Å². The predicted molar refractivity (Wildman–Crippen MR) is 92.9 cm³/mol. The first-order chi connectivity index (χ1) is 11.5. The van der Waals surface area contributed by atoms with Crippen LogP contribution in [0, 0.1) is 0 Å². The number of aliphatic hydroxyl groups excluding tert-OH is 1. The normalized spacial score (nSPS) is 18.0. The van der Waals surface area contributed by atoms with Crippen LogP contribution in [0.25, 0.3) is 5.76 Å². The maximum Gasteiger partial charge on any atom is 0.262 e. The van der Waals surface area contributed by atoms with E-state index in [2.05, 4.69) is 6.92 Å². The fourth-order valence-electron chi connectivity index (χ4n) is 2.59. The molecule has 1 aromatic carbocycles. The van der Waals surface area contributed by atoms with Gasteiger partial charge in [-0.1, -0.05) is 32.4 Å². The van der Waals surface area contributed by atoms with Crippen LogP contribution < -0.4 is 4.74 Å². The van der Waals surface area contributed by atoms with E-state index < -0.39 is 5.91 Å². The van der Waals surface area contributed by atoms with Crippen molar-refractivity contribution in [3.05, 3.63) is 35.4 Å². The van der Waals surface area contributed by atoms with Gasteiger partial charge in [-0.25, -0.2) is 0 Å². The fourth-order valence-corrected chi connectivity index (χ4v) is 2.59. The first kappa shape index (κ1) is 18.0. The Balaban J connectivity index is 2.27. The highest BCUT2D eigenvalue weighted by Crippen LogP contribution is 2.27. The molecule has 1 saturated heterocycles. The summed E-state index contributed by atoms with van der Waals surface area (Å²) in [5.74, 6) is -0.388. The number of amides is 1. The number of aliphatic hydroxyl groups is 1. The molecule has 5 heteroatoms. The van der Waals surface area contributed by atoms with Crippen LogP contribution in [-0.2, 0) is 9.59 Å². The zero-order valence-corrected chi connectivity index (χ0v) is 14.5. The van der Waals surface area contributed by atoms with Crippen LogP contribution in [0.3, 0.4) is 0 Å². The summed E-state index contributed by atoms with van der Waals surface area (Å²) in [5, 5.41) is 10.5. The van der Waals surface area contributed by atoms with Crippen molar-refractivity contribution in [3.63, 3.8) is 0 Å². The van der Waals surface area contributed by atoms with Gasteiger partial charge in [-0.15, -0.1) is 0 Å². The number of hydrogen-bond donors (Lipinski definition) is 1. The summed E-state index contributed by atoms with van der Waals surface area (Å²) in [6, 6.07) is 6.83. The first-order valence-electron chi connectivity index (χ1n) is 8.50. The van der Waals surface area contributed by atoms with Gasteiger partial charge in [0.1, 0.15) is 17.1 Å². The van der Waals surface area contributed by atoms with E-state index in [1.54, 1.807) is 24.3 Å². The van der Waals surface area contributed by atoms with Crippen LogP contribution in [0.15, 0.2) is 29.8 Å². The van der Waals surface area contributed by atoms with Crippen molar-refractivity contribution in [2.45, 2.75) is 46.1 Å². The molecule has 0 saturated carbocycles. The molecular formula is C19H25NO4. The topological polar surface area (TPSA) is 66.8 Å². The van der Waals surface area contributed by atoms with E-state index in [1.165, 1.54) is 4.90 Å².